The molecule has 0 radical (unpaired) electrons. The van der Waals surface area contributed by atoms with E-state index in [-0.39, 0.29) is 29.2 Å². The van der Waals surface area contributed by atoms with Gasteiger partial charge in [0.25, 0.3) is 5.56 Å². The molecule has 32 heavy (non-hydrogen) atoms. The van der Waals surface area contributed by atoms with Crippen LogP contribution < -0.4 is 10.9 Å². The summed E-state index contributed by atoms with van der Waals surface area (Å²) in [6, 6.07) is 17.6. The van der Waals surface area contributed by atoms with Crippen LogP contribution in [0.2, 0.25) is 0 Å². The van der Waals surface area contributed by atoms with Crippen LogP contribution in [0.1, 0.15) is 37.7 Å². The highest BCUT2D eigenvalue weighted by Gasteiger charge is 2.21. The van der Waals surface area contributed by atoms with Gasteiger partial charge >= 0.3 is 0 Å². The average molecular weight is 452 g/mol. The molecule has 1 amide bonds. The minimum atomic E-state index is -0.0795. The first-order valence-electron chi connectivity index (χ1n) is 11.2. The van der Waals surface area contributed by atoms with Crippen molar-refractivity contribution in [2.45, 2.75) is 49.9 Å². The van der Waals surface area contributed by atoms with Crippen molar-refractivity contribution in [3.05, 3.63) is 70.5 Å². The fourth-order valence-corrected chi connectivity index (χ4v) is 4.89. The lowest BCUT2D eigenvalue weighted by Crippen LogP contribution is -2.31. The zero-order valence-electron chi connectivity index (χ0n) is 18.3. The van der Waals surface area contributed by atoms with E-state index in [1.807, 2.05) is 36.4 Å². The third kappa shape index (κ3) is 5.40. The van der Waals surface area contributed by atoms with Gasteiger partial charge in [0.05, 0.1) is 29.3 Å². The van der Waals surface area contributed by atoms with Gasteiger partial charge in [-0.1, -0.05) is 61.2 Å². The van der Waals surface area contributed by atoms with Crippen LogP contribution in [-0.4, -0.2) is 40.5 Å². The molecule has 0 saturated carbocycles. The zero-order valence-corrected chi connectivity index (χ0v) is 19.1. The molecular weight excluding hydrogens is 422 g/mol. The molecule has 2 unspecified atom stereocenters. The predicted molar refractivity (Wildman–Crippen MR) is 128 cm³/mol. The number of hydrogen-bond donors (Lipinski definition) is 1. The zero-order chi connectivity index (χ0) is 22.3. The van der Waals surface area contributed by atoms with Gasteiger partial charge in [0.1, 0.15) is 0 Å². The average Bonchev–Trinajstić information content (AvgIpc) is 3.34. The molecule has 1 aliphatic rings. The summed E-state index contributed by atoms with van der Waals surface area (Å²) in [6.45, 7) is 3.91. The molecule has 3 aromatic rings. The second-order valence-electron chi connectivity index (χ2n) is 8.07. The molecule has 0 aliphatic carbocycles. The molecule has 4 rings (SSSR count). The van der Waals surface area contributed by atoms with Gasteiger partial charge in [-0.2, -0.15) is 0 Å². The van der Waals surface area contributed by atoms with Gasteiger partial charge in [0.15, 0.2) is 5.16 Å². The van der Waals surface area contributed by atoms with Crippen molar-refractivity contribution in [1.82, 2.24) is 14.9 Å². The SMILES string of the molecule is CCC(CNC(=O)CSc1nc2ccccc2c(=O)n1CC1CCCO1)c1ccccc1. The summed E-state index contributed by atoms with van der Waals surface area (Å²) in [6.07, 6.45) is 2.90. The Morgan fingerprint density at radius 1 is 1.22 bits per heavy atom. The number of carbonyl (C=O) groups is 1. The number of benzene rings is 2. The molecule has 1 N–H and O–H groups in total. The van der Waals surface area contributed by atoms with Crippen molar-refractivity contribution >= 4 is 28.6 Å². The topological polar surface area (TPSA) is 73.2 Å². The maximum Gasteiger partial charge on any atom is 0.262 e. The van der Waals surface area contributed by atoms with E-state index in [2.05, 4.69) is 24.4 Å². The Bertz CT molecular complexity index is 1110. The molecule has 0 bridgehead atoms. The molecule has 1 fully saturated rings. The summed E-state index contributed by atoms with van der Waals surface area (Å²) >= 11 is 1.31. The van der Waals surface area contributed by atoms with E-state index >= 15 is 0 Å². The van der Waals surface area contributed by atoms with Crippen LogP contribution in [0.15, 0.2) is 64.5 Å². The van der Waals surface area contributed by atoms with E-state index in [9.17, 15) is 9.59 Å². The van der Waals surface area contributed by atoms with Crippen molar-refractivity contribution in [1.29, 1.82) is 0 Å². The molecule has 2 atom stereocenters. The smallest absolute Gasteiger partial charge is 0.262 e. The van der Waals surface area contributed by atoms with Crippen molar-refractivity contribution in [3.8, 4) is 0 Å². The normalized spacial score (nSPS) is 16.8. The van der Waals surface area contributed by atoms with Crippen molar-refractivity contribution in [2.24, 2.45) is 0 Å². The Morgan fingerprint density at radius 3 is 2.75 bits per heavy atom. The third-order valence-electron chi connectivity index (χ3n) is 5.88. The maximum atomic E-state index is 13.1. The van der Waals surface area contributed by atoms with E-state index in [4.69, 9.17) is 9.72 Å². The molecule has 2 heterocycles. The molecule has 6 nitrogen and oxygen atoms in total. The van der Waals surface area contributed by atoms with Gasteiger partial charge in [0, 0.05) is 19.1 Å². The highest BCUT2D eigenvalue weighted by molar-refractivity contribution is 7.99. The van der Waals surface area contributed by atoms with Crippen LogP contribution in [0.4, 0.5) is 0 Å². The van der Waals surface area contributed by atoms with Gasteiger partial charge in [-0.25, -0.2) is 4.98 Å². The molecule has 0 spiro atoms. The summed E-state index contributed by atoms with van der Waals surface area (Å²) in [7, 11) is 0. The lowest BCUT2D eigenvalue weighted by Gasteiger charge is -2.17. The lowest BCUT2D eigenvalue weighted by atomic mass is 9.96. The number of hydrogen-bond acceptors (Lipinski definition) is 5. The largest absolute Gasteiger partial charge is 0.376 e. The Balaban J connectivity index is 1.45. The van der Waals surface area contributed by atoms with E-state index < -0.39 is 0 Å². The summed E-state index contributed by atoms with van der Waals surface area (Å²) < 4.78 is 7.42. The van der Waals surface area contributed by atoms with Crippen molar-refractivity contribution in [2.75, 3.05) is 18.9 Å². The standard InChI is InChI=1S/C25H29N3O3S/c1-2-18(19-9-4-3-5-10-19)15-26-23(29)17-32-25-27-22-13-7-6-12-21(22)24(30)28(25)16-20-11-8-14-31-20/h3-7,9-10,12-13,18,20H,2,8,11,14-17H2,1H3,(H,26,29). The Labute approximate surface area is 192 Å². The first-order valence-corrected chi connectivity index (χ1v) is 12.2. The van der Waals surface area contributed by atoms with Crippen LogP contribution in [0, 0.1) is 0 Å². The summed E-state index contributed by atoms with van der Waals surface area (Å²) in [5, 5.41) is 4.20. The number of nitrogens with one attached hydrogen (secondary N) is 1. The quantitative estimate of drug-likeness (QED) is 0.394. The Kier molecular flexibility index (Phi) is 7.60. The number of thioether (sulfide) groups is 1. The van der Waals surface area contributed by atoms with Crippen LogP contribution in [0.25, 0.3) is 10.9 Å². The van der Waals surface area contributed by atoms with Crippen molar-refractivity contribution in [3.63, 3.8) is 0 Å². The Hall–Kier alpha value is -2.64. The number of fused-ring (bicyclic) bond motifs is 1. The predicted octanol–water partition coefficient (Wildman–Crippen LogP) is 3.98. The molecular formula is C25H29N3O3S. The monoisotopic (exact) mass is 451 g/mol. The second-order valence-corrected chi connectivity index (χ2v) is 9.01. The van der Waals surface area contributed by atoms with E-state index in [1.54, 1.807) is 10.6 Å². The second kappa shape index (κ2) is 10.8. The molecule has 1 aromatic heterocycles. The van der Waals surface area contributed by atoms with Crippen LogP contribution in [0.3, 0.4) is 0 Å². The number of ether oxygens (including phenoxy) is 1. The van der Waals surface area contributed by atoms with E-state index in [0.29, 0.717) is 29.1 Å². The minimum Gasteiger partial charge on any atom is -0.376 e. The highest BCUT2D eigenvalue weighted by Crippen LogP contribution is 2.21. The number of amides is 1. The van der Waals surface area contributed by atoms with Crippen LogP contribution in [-0.2, 0) is 16.1 Å². The first kappa shape index (κ1) is 22.6. The fraction of sp³-hybridized carbons (Fsp3) is 0.400. The van der Waals surface area contributed by atoms with Crippen LogP contribution in [0.5, 0.6) is 0 Å². The van der Waals surface area contributed by atoms with Gasteiger partial charge in [-0.05, 0) is 37.0 Å². The minimum absolute atomic E-state index is 0.0139. The number of aromatic nitrogens is 2. The molecule has 1 saturated heterocycles. The summed E-state index contributed by atoms with van der Waals surface area (Å²) in [4.78, 5) is 30.4. The van der Waals surface area contributed by atoms with Gasteiger partial charge in [-0.3, -0.25) is 14.2 Å². The molecule has 2 aromatic carbocycles. The molecule has 168 valence electrons. The van der Waals surface area contributed by atoms with Gasteiger partial charge < -0.3 is 10.1 Å². The maximum absolute atomic E-state index is 13.1. The molecule has 7 heteroatoms. The number of nitrogens with zero attached hydrogens (tertiary/aromatic N) is 2. The van der Waals surface area contributed by atoms with E-state index in [0.717, 1.165) is 25.9 Å². The number of para-hydroxylation sites is 1. The van der Waals surface area contributed by atoms with E-state index in [1.165, 1.54) is 17.3 Å². The fourth-order valence-electron chi connectivity index (χ4n) is 4.05. The summed E-state index contributed by atoms with van der Waals surface area (Å²) in [5.41, 5.74) is 1.80. The number of carbonyl (C=O) groups excluding carboxylic acids is 1. The van der Waals surface area contributed by atoms with Crippen molar-refractivity contribution < 1.29 is 9.53 Å². The number of rotatable bonds is 9. The first-order chi connectivity index (χ1) is 15.7. The Morgan fingerprint density at radius 2 is 2.00 bits per heavy atom. The van der Waals surface area contributed by atoms with Crippen LogP contribution >= 0.6 is 11.8 Å². The lowest BCUT2D eigenvalue weighted by molar-refractivity contribution is -0.118. The van der Waals surface area contributed by atoms with Gasteiger partial charge in [0.2, 0.25) is 5.91 Å². The van der Waals surface area contributed by atoms with Gasteiger partial charge in [-0.15, -0.1) is 0 Å². The summed E-state index contributed by atoms with van der Waals surface area (Å²) in [5.74, 6) is 0.429. The third-order valence-corrected chi connectivity index (χ3v) is 6.85. The highest BCUT2D eigenvalue weighted by atomic mass is 32.2. The molecule has 1 aliphatic heterocycles.